The van der Waals surface area contributed by atoms with Crippen molar-refractivity contribution in [2.24, 2.45) is 4.99 Å². The second-order valence-corrected chi connectivity index (χ2v) is 20.9. The molecule has 12 aromatic rings. The van der Waals surface area contributed by atoms with E-state index in [1.165, 1.54) is 18.2 Å². The number of aromatic nitrogens is 8. The maximum absolute atomic E-state index is 12.7. The average Bonchev–Trinajstić information content (AvgIpc) is 0.788. The van der Waals surface area contributed by atoms with Crippen LogP contribution in [0.1, 0.15) is 13.8 Å². The predicted molar refractivity (Wildman–Crippen MR) is 333 cm³/mol. The van der Waals surface area contributed by atoms with Crippen LogP contribution in [-0.2, 0) is 14.4 Å². The van der Waals surface area contributed by atoms with Crippen molar-refractivity contribution in [2.75, 3.05) is 63.6 Å². The number of hydrogen-bond donors (Lipinski definition) is 2. The number of aliphatic imine (C=N–C) groups is 1. The maximum atomic E-state index is 12.7. The Bertz CT molecular complexity index is 4900. The predicted octanol–water partition coefficient (Wildman–Crippen LogP) is 4.94. The van der Waals surface area contributed by atoms with Gasteiger partial charge in [0.05, 0.1) is 12.0 Å². The number of alkyl halides is 3. The van der Waals surface area contributed by atoms with Gasteiger partial charge < -0.3 is 71.7 Å². The molecule has 470 valence electrons. The van der Waals surface area contributed by atoms with Crippen molar-refractivity contribution >= 4 is 129 Å². The van der Waals surface area contributed by atoms with Gasteiger partial charge in [-0.1, -0.05) is 54.6 Å². The molecular weight excluding hydrogens is 1200 g/mol. The number of likely N-dealkylation sites (N-methyl/N-ethyl adjacent to an activating group) is 1. The molecule has 1 aliphatic heterocycles. The van der Waals surface area contributed by atoms with E-state index in [-0.39, 0.29) is 74.0 Å². The van der Waals surface area contributed by atoms with E-state index >= 15 is 0 Å². The lowest BCUT2D eigenvalue weighted by Gasteiger charge is -2.35. The van der Waals surface area contributed by atoms with Crippen LogP contribution >= 0.6 is 0 Å². The molecule has 0 spiro atoms. The summed E-state index contributed by atoms with van der Waals surface area (Å²) in [7, 11) is 3.72. The monoisotopic (exact) mass is 1260 g/mol. The Labute approximate surface area is 518 Å². The minimum absolute atomic E-state index is 0.0243. The molecule has 1 aliphatic rings. The Morgan fingerprint density at radius 2 is 0.924 bits per heavy atom. The van der Waals surface area contributed by atoms with E-state index in [1.807, 2.05) is 25.1 Å². The van der Waals surface area contributed by atoms with Crippen LogP contribution in [0.2, 0.25) is 0 Å². The molecule has 0 saturated carbocycles. The molecule has 3 amide bonds. The smallest absolute Gasteiger partial charge is 0.471 e. The molecule has 29 heteroatoms. The summed E-state index contributed by atoms with van der Waals surface area (Å²) in [5, 5.41) is 104. The van der Waals surface area contributed by atoms with Crippen LogP contribution in [0.4, 0.5) is 30.2 Å². The van der Waals surface area contributed by atoms with Crippen molar-refractivity contribution in [1.29, 1.82) is 0 Å². The first-order valence-electron chi connectivity index (χ1n) is 28.2. The summed E-state index contributed by atoms with van der Waals surface area (Å²) in [6.07, 6.45) is -3.41. The van der Waals surface area contributed by atoms with Crippen molar-refractivity contribution in [3.63, 3.8) is 0 Å². The Morgan fingerprint density at radius 3 is 1.38 bits per heavy atom. The minimum atomic E-state index is -5.05. The third-order valence-corrected chi connectivity index (χ3v) is 14.7. The molecule has 0 aliphatic carbocycles. The van der Waals surface area contributed by atoms with Gasteiger partial charge in [0, 0.05) is 156 Å². The second kappa shape index (κ2) is 26.3. The number of piperazine rings is 1. The summed E-state index contributed by atoms with van der Waals surface area (Å²) in [5.41, 5.74) is 4.81. The first-order valence-corrected chi connectivity index (χ1v) is 28.2. The number of carbonyl (C=O) groups is 3. The number of rotatable bonds is 8. The quantitative estimate of drug-likeness (QED) is 0.0669. The van der Waals surface area contributed by atoms with Crippen LogP contribution < -0.4 is 58.1 Å². The molecule has 0 radical (unpaired) electrons. The summed E-state index contributed by atoms with van der Waals surface area (Å²) in [6, 6.07) is 44.3. The fraction of sp³-hybridized carbons (Fsp3) is 0.175. The van der Waals surface area contributed by atoms with Crippen LogP contribution in [0, 0.1) is 41.7 Å². The standard InChI is InChI=1S/C18H18N4O3.C16H15N3O4.C15H14N4O2.C14H8F3N3O3/c1-13(23)19-8-10-20(11-9-19)14-6-7-17-18(12-14)22(25)16-5-3-2-4-15(16)21(17)24;1-2-17-15(20)10-23-14-9-5-8-13-16(14)19(22)12-7-4-3-6-11(12)18(13)21;1-17(2)10-16-11-7-8-14-15(9-11)19(21)13-6-4-3-5-12(13)18(14)20;15-14(16,17)13(21)18-8-5-6-11-12(7-8)20(23)10-4-2-1-3-9(10)19(11)22/h2-7,12H,8-11H2,1H3;3-9H,2,10H2,1H3,(H,17,20);3-10H,1-2H3;1-7H,(H,18,21). The third kappa shape index (κ3) is 12.7. The number of fused-ring (bicyclic) bond motifs is 8. The van der Waals surface area contributed by atoms with Gasteiger partial charge in [0.15, 0.2) is 12.4 Å². The van der Waals surface area contributed by atoms with Crippen molar-refractivity contribution < 1.29 is 70.1 Å². The summed E-state index contributed by atoms with van der Waals surface area (Å²) < 4.78 is 47.7. The molecule has 1 fully saturated rings. The van der Waals surface area contributed by atoms with E-state index in [1.54, 1.807) is 164 Å². The highest BCUT2D eigenvalue weighted by Crippen LogP contribution is 2.26. The SMILES string of the molecule is CC(=O)N1CCN(c2ccc3c(c2)[n+]([O-])c2ccccc2[n+]3[O-])CC1.CCNC(=O)COc1cccc2c1[n+]([O-])c1ccccc1[n+]2[O-].CN(C)C=Nc1ccc2c(c1)[n+]([O-])c1ccccc1[n+]2[O-].O=C(Nc1ccc2c(c1)[n+]([O-])c1ccccc1[n+]2[O-])C(F)(F)F. The zero-order valence-electron chi connectivity index (χ0n) is 49.4. The molecule has 1 saturated heterocycles. The average molecular weight is 1260 g/mol. The lowest BCUT2D eigenvalue weighted by Crippen LogP contribution is -2.48. The summed E-state index contributed by atoms with van der Waals surface area (Å²) in [6.45, 7) is 6.36. The number of amides is 3. The lowest BCUT2D eigenvalue weighted by molar-refractivity contribution is -0.591. The van der Waals surface area contributed by atoms with E-state index in [9.17, 15) is 69.2 Å². The van der Waals surface area contributed by atoms with E-state index < -0.39 is 12.1 Å². The van der Waals surface area contributed by atoms with Gasteiger partial charge in [-0.15, -0.1) is 0 Å². The normalized spacial score (nSPS) is 12.4. The number of hydrogen-bond acceptors (Lipinski definition) is 14. The fourth-order valence-electron chi connectivity index (χ4n) is 10.2. The highest BCUT2D eigenvalue weighted by atomic mass is 19.4. The van der Waals surface area contributed by atoms with Crippen LogP contribution in [0.3, 0.4) is 0 Å². The highest BCUT2D eigenvalue weighted by Gasteiger charge is 2.39. The van der Waals surface area contributed by atoms with Gasteiger partial charge in [0.25, 0.3) is 88.7 Å². The number of nitrogens with zero attached hydrogens (tertiary/aromatic N) is 12. The fourth-order valence-corrected chi connectivity index (χ4v) is 10.2. The Balaban J connectivity index is 0.000000135. The van der Waals surface area contributed by atoms with Gasteiger partial charge >= 0.3 is 17.6 Å². The van der Waals surface area contributed by atoms with E-state index in [0.29, 0.717) is 101 Å². The molecule has 8 aromatic carbocycles. The van der Waals surface area contributed by atoms with Gasteiger partial charge in [-0.25, -0.2) is 4.99 Å². The van der Waals surface area contributed by atoms with Crippen LogP contribution in [-0.4, -0.2) is 93.5 Å². The van der Waals surface area contributed by atoms with Gasteiger partial charge in [-0.05, 0) is 31.2 Å². The molecule has 2 N–H and O–H groups in total. The zero-order chi connectivity index (χ0) is 65.7. The van der Waals surface area contributed by atoms with Gasteiger partial charge in [0.1, 0.15) is 0 Å². The number of nitrogens with one attached hydrogen (secondary N) is 2. The van der Waals surface area contributed by atoms with Gasteiger partial charge in [0.2, 0.25) is 5.91 Å². The molecule has 5 heterocycles. The molecule has 4 aromatic heterocycles. The molecule has 0 atom stereocenters. The number of para-hydroxylation sites is 9. The van der Waals surface area contributed by atoms with E-state index in [4.69, 9.17) is 4.74 Å². The lowest BCUT2D eigenvalue weighted by atomic mass is 10.2. The molecule has 0 unspecified atom stereocenters. The Morgan fingerprint density at radius 1 is 0.522 bits per heavy atom. The molecule has 0 bridgehead atoms. The number of ether oxygens (including phenoxy) is 1. The maximum Gasteiger partial charge on any atom is 0.471 e. The number of carbonyl (C=O) groups excluding carboxylic acids is 3. The van der Waals surface area contributed by atoms with Gasteiger partial charge in [-0.3, -0.25) is 14.4 Å². The Hall–Kier alpha value is -12.2. The molecule has 26 nitrogen and oxygen atoms in total. The van der Waals surface area contributed by atoms with Crippen LogP contribution in [0.25, 0.3) is 88.3 Å². The summed E-state index contributed by atoms with van der Waals surface area (Å²) in [4.78, 5) is 43.9. The zero-order valence-corrected chi connectivity index (χ0v) is 49.4. The van der Waals surface area contributed by atoms with Crippen molar-refractivity contribution in [3.8, 4) is 5.75 Å². The summed E-state index contributed by atoms with van der Waals surface area (Å²) >= 11 is 0. The van der Waals surface area contributed by atoms with Gasteiger partial charge in [-0.2, -0.15) is 51.0 Å². The molecular formula is C63H55F3N14O12. The number of halogens is 3. The highest BCUT2D eigenvalue weighted by molar-refractivity contribution is 5.96. The number of anilines is 2. The minimum Gasteiger partial charge on any atom is -0.617 e. The van der Waals surface area contributed by atoms with E-state index in [2.05, 4.69) is 15.2 Å². The molecule has 92 heavy (non-hydrogen) atoms. The topological polar surface area (TPSA) is 322 Å². The van der Waals surface area contributed by atoms with Crippen molar-refractivity contribution in [3.05, 3.63) is 212 Å². The van der Waals surface area contributed by atoms with E-state index in [0.717, 1.165) is 36.7 Å². The van der Waals surface area contributed by atoms with Crippen LogP contribution in [0.15, 0.2) is 175 Å². The van der Waals surface area contributed by atoms with Crippen molar-refractivity contribution in [2.45, 2.75) is 20.0 Å². The van der Waals surface area contributed by atoms with Crippen molar-refractivity contribution in [1.82, 2.24) is 15.1 Å². The summed E-state index contributed by atoms with van der Waals surface area (Å²) in [5.74, 6) is -2.18. The number of benzene rings is 8. The largest absolute Gasteiger partial charge is 0.617 e. The second-order valence-electron chi connectivity index (χ2n) is 20.9. The molecule has 13 rings (SSSR count). The third-order valence-electron chi connectivity index (χ3n) is 14.7. The first kappa shape index (κ1) is 62.9. The van der Waals surface area contributed by atoms with Crippen LogP contribution in [0.5, 0.6) is 5.75 Å². The first-order chi connectivity index (χ1) is 44.1. The Kier molecular flexibility index (Phi) is 17.9.